The van der Waals surface area contributed by atoms with Crippen LogP contribution in [0.25, 0.3) is 11.1 Å². The van der Waals surface area contributed by atoms with Gasteiger partial charge in [-0.15, -0.1) is 0 Å². The molecule has 0 unspecified atom stereocenters. The minimum atomic E-state index is -0.327. The summed E-state index contributed by atoms with van der Waals surface area (Å²) in [5.41, 5.74) is 3.45. The number of likely N-dealkylation sites (tertiary alicyclic amines) is 1. The molecule has 2 aliphatic heterocycles. The van der Waals surface area contributed by atoms with Crippen LogP contribution in [0.2, 0.25) is 0 Å². The Labute approximate surface area is 198 Å². The molecule has 176 valence electrons. The number of amides is 1. The number of aliphatic imine (C=N–C) groups is 1. The number of nitrogens with zero attached hydrogens (tertiary/aromatic N) is 4. The highest BCUT2D eigenvalue weighted by atomic mass is 19.1. The Morgan fingerprint density at radius 3 is 2.82 bits per heavy atom. The van der Waals surface area contributed by atoms with Gasteiger partial charge in [0.15, 0.2) is 0 Å². The smallest absolute Gasteiger partial charge is 0.274 e. The molecule has 8 heteroatoms. The molecule has 34 heavy (non-hydrogen) atoms. The van der Waals surface area contributed by atoms with Crippen molar-refractivity contribution in [3.63, 3.8) is 0 Å². The number of rotatable bonds is 7. The molecule has 0 aliphatic carbocycles. The number of hydrogen-bond donors (Lipinski definition) is 1. The molecule has 2 aromatic carbocycles. The van der Waals surface area contributed by atoms with Gasteiger partial charge in [0.25, 0.3) is 5.91 Å². The van der Waals surface area contributed by atoms with Crippen molar-refractivity contribution in [1.29, 1.82) is 0 Å². The summed E-state index contributed by atoms with van der Waals surface area (Å²) < 4.78 is 22.3. The van der Waals surface area contributed by atoms with Gasteiger partial charge in [0, 0.05) is 54.8 Å². The third-order valence-electron chi connectivity index (χ3n) is 6.30. The summed E-state index contributed by atoms with van der Waals surface area (Å²) in [5, 5.41) is 7.07. The lowest BCUT2D eigenvalue weighted by Gasteiger charge is -2.18. The first-order valence-corrected chi connectivity index (χ1v) is 11.7. The molecule has 5 rings (SSSR count). The van der Waals surface area contributed by atoms with Crippen LogP contribution in [0, 0.1) is 5.82 Å². The molecule has 0 saturated carbocycles. The van der Waals surface area contributed by atoms with Crippen LogP contribution in [-0.2, 0) is 18.3 Å². The fourth-order valence-electron chi connectivity index (χ4n) is 4.54. The normalized spacial score (nSPS) is 15.6. The molecule has 1 fully saturated rings. The zero-order chi connectivity index (χ0) is 23.5. The van der Waals surface area contributed by atoms with Gasteiger partial charge in [0.2, 0.25) is 0 Å². The molecule has 0 atom stereocenters. The molecule has 1 aromatic heterocycles. The first-order valence-electron chi connectivity index (χ1n) is 11.7. The van der Waals surface area contributed by atoms with Crippen molar-refractivity contribution in [2.45, 2.75) is 19.3 Å². The van der Waals surface area contributed by atoms with Gasteiger partial charge in [-0.2, -0.15) is 5.10 Å². The van der Waals surface area contributed by atoms with Crippen LogP contribution >= 0.6 is 0 Å². The number of ether oxygens (including phenoxy) is 1. The number of carbonyl (C=O) groups excluding carboxylic acids is 1. The van der Waals surface area contributed by atoms with Gasteiger partial charge in [0.1, 0.15) is 23.9 Å². The standard InChI is InChI=1S/C26H28FN5O2/c1-31-17-19(16-29-31)22-15-23-18(13-24(22)27)7-8-28-25(23)26(33)30-20-5-4-6-21(14-20)34-12-11-32-9-2-3-10-32/h4-6,13-17H,2-3,7-12H2,1H3,(H,30,33). The van der Waals surface area contributed by atoms with Crippen LogP contribution < -0.4 is 10.1 Å². The zero-order valence-electron chi connectivity index (χ0n) is 19.3. The van der Waals surface area contributed by atoms with E-state index in [9.17, 15) is 9.18 Å². The molecule has 1 amide bonds. The number of aryl methyl sites for hydroxylation is 1. The summed E-state index contributed by atoms with van der Waals surface area (Å²) in [6, 6.07) is 10.6. The second kappa shape index (κ2) is 9.77. The quantitative estimate of drug-likeness (QED) is 0.583. The third kappa shape index (κ3) is 4.87. The predicted molar refractivity (Wildman–Crippen MR) is 130 cm³/mol. The molecule has 3 aromatic rings. The lowest BCUT2D eigenvalue weighted by atomic mass is 9.93. The maximum atomic E-state index is 14.8. The second-order valence-corrected chi connectivity index (χ2v) is 8.75. The number of carbonyl (C=O) groups is 1. The van der Waals surface area contributed by atoms with E-state index in [-0.39, 0.29) is 11.7 Å². The topological polar surface area (TPSA) is 71.8 Å². The van der Waals surface area contributed by atoms with Gasteiger partial charge in [-0.1, -0.05) is 6.07 Å². The van der Waals surface area contributed by atoms with E-state index in [4.69, 9.17) is 4.74 Å². The van der Waals surface area contributed by atoms with Crippen LogP contribution in [0.1, 0.15) is 24.0 Å². The highest BCUT2D eigenvalue weighted by Crippen LogP contribution is 2.29. The average molecular weight is 462 g/mol. The van der Waals surface area contributed by atoms with E-state index in [0.717, 1.165) is 25.2 Å². The highest BCUT2D eigenvalue weighted by Gasteiger charge is 2.24. The van der Waals surface area contributed by atoms with Crippen molar-refractivity contribution in [2.75, 3.05) is 38.1 Å². The van der Waals surface area contributed by atoms with Gasteiger partial charge in [-0.3, -0.25) is 19.4 Å². The molecule has 0 radical (unpaired) electrons. The van der Waals surface area contributed by atoms with Crippen molar-refractivity contribution >= 4 is 17.3 Å². The van der Waals surface area contributed by atoms with Crippen molar-refractivity contribution in [1.82, 2.24) is 14.7 Å². The molecule has 0 bridgehead atoms. The maximum absolute atomic E-state index is 14.8. The first-order chi connectivity index (χ1) is 16.6. The summed E-state index contributed by atoms with van der Waals surface area (Å²) in [7, 11) is 1.78. The van der Waals surface area contributed by atoms with Crippen LogP contribution in [0.5, 0.6) is 5.75 Å². The minimum absolute atomic E-state index is 0.312. The van der Waals surface area contributed by atoms with Gasteiger partial charge in [0.05, 0.1) is 6.20 Å². The summed E-state index contributed by atoms with van der Waals surface area (Å²) in [4.78, 5) is 20.0. The van der Waals surface area contributed by atoms with Crippen LogP contribution in [0.15, 0.2) is 53.8 Å². The number of aromatic nitrogens is 2. The molecule has 0 spiro atoms. The lowest BCUT2D eigenvalue weighted by Crippen LogP contribution is -2.28. The van der Waals surface area contributed by atoms with Crippen LogP contribution in [0.4, 0.5) is 10.1 Å². The monoisotopic (exact) mass is 461 g/mol. The number of anilines is 1. The molecule has 7 nitrogen and oxygen atoms in total. The van der Waals surface area contributed by atoms with Crippen molar-refractivity contribution in [3.8, 4) is 16.9 Å². The highest BCUT2D eigenvalue weighted by molar-refractivity contribution is 6.49. The number of hydrogen-bond acceptors (Lipinski definition) is 5. The van der Waals surface area contributed by atoms with Gasteiger partial charge in [-0.05, 0) is 62.2 Å². The Morgan fingerprint density at radius 1 is 1.18 bits per heavy atom. The van der Waals surface area contributed by atoms with Gasteiger partial charge >= 0.3 is 0 Å². The predicted octanol–water partition coefficient (Wildman–Crippen LogP) is 3.68. The van der Waals surface area contributed by atoms with Crippen molar-refractivity contribution < 1.29 is 13.9 Å². The maximum Gasteiger partial charge on any atom is 0.274 e. The Bertz CT molecular complexity index is 1230. The largest absolute Gasteiger partial charge is 0.492 e. The summed E-state index contributed by atoms with van der Waals surface area (Å²) >= 11 is 0. The van der Waals surface area contributed by atoms with Gasteiger partial charge < -0.3 is 10.1 Å². The van der Waals surface area contributed by atoms with Crippen molar-refractivity contribution in [2.24, 2.45) is 12.0 Å². The van der Waals surface area contributed by atoms with Crippen molar-refractivity contribution in [3.05, 3.63) is 65.7 Å². The molecule has 1 saturated heterocycles. The molecule has 2 aliphatic rings. The minimum Gasteiger partial charge on any atom is -0.492 e. The van der Waals surface area contributed by atoms with E-state index in [1.807, 2.05) is 24.3 Å². The van der Waals surface area contributed by atoms with E-state index in [0.29, 0.717) is 53.4 Å². The van der Waals surface area contributed by atoms with Crippen LogP contribution in [-0.4, -0.2) is 59.1 Å². The molecule has 3 heterocycles. The number of halogens is 1. The Balaban J connectivity index is 1.30. The molecule has 1 N–H and O–H groups in total. The van der Waals surface area contributed by atoms with E-state index in [1.54, 1.807) is 30.2 Å². The van der Waals surface area contributed by atoms with Crippen LogP contribution in [0.3, 0.4) is 0 Å². The SMILES string of the molecule is Cn1cc(-c2cc3c(cc2F)CCN=C3C(=O)Nc2cccc(OCCN3CCCC3)c2)cn1. The number of benzene rings is 2. The molecular weight excluding hydrogens is 433 g/mol. The average Bonchev–Trinajstić information content (AvgIpc) is 3.50. The lowest BCUT2D eigenvalue weighted by molar-refractivity contribution is -0.110. The molecular formula is C26H28FN5O2. The van der Waals surface area contributed by atoms with E-state index >= 15 is 0 Å². The first kappa shape index (κ1) is 22.3. The van der Waals surface area contributed by atoms with Gasteiger partial charge in [-0.25, -0.2) is 4.39 Å². The Morgan fingerprint density at radius 2 is 2.03 bits per heavy atom. The summed E-state index contributed by atoms with van der Waals surface area (Å²) in [5.74, 6) is 0.0648. The number of fused-ring (bicyclic) bond motifs is 1. The fourth-order valence-corrected chi connectivity index (χ4v) is 4.54. The second-order valence-electron chi connectivity index (χ2n) is 8.75. The Kier molecular flexibility index (Phi) is 6.40. The fraction of sp³-hybridized carbons (Fsp3) is 0.346. The zero-order valence-corrected chi connectivity index (χ0v) is 19.3. The summed E-state index contributed by atoms with van der Waals surface area (Å²) in [6.07, 6.45) is 6.46. The summed E-state index contributed by atoms with van der Waals surface area (Å²) in [6.45, 7) is 4.23. The van der Waals surface area contributed by atoms with E-state index in [1.165, 1.54) is 18.9 Å². The van der Waals surface area contributed by atoms with E-state index < -0.39 is 0 Å². The third-order valence-corrected chi connectivity index (χ3v) is 6.30. The number of nitrogens with one attached hydrogen (secondary N) is 1. The Hall–Kier alpha value is -3.52. The van der Waals surface area contributed by atoms with E-state index in [2.05, 4.69) is 20.3 Å².